The van der Waals surface area contributed by atoms with Gasteiger partial charge in [-0.25, -0.2) is 4.98 Å². The van der Waals surface area contributed by atoms with Crippen molar-refractivity contribution >= 4 is 12.0 Å². The third-order valence-corrected chi connectivity index (χ3v) is 3.81. The van der Waals surface area contributed by atoms with Crippen molar-refractivity contribution in [1.82, 2.24) is 4.98 Å². The van der Waals surface area contributed by atoms with E-state index in [0.29, 0.717) is 11.6 Å². The first-order chi connectivity index (χ1) is 11.1. The number of aromatic hydroxyl groups is 1. The van der Waals surface area contributed by atoms with E-state index < -0.39 is 0 Å². The Hall–Kier alpha value is -2.36. The SMILES string of the molecule is CC(C)(C)c1cc(/C=N/Nc2ccccn2)cc(C(C)(C)C)c1O. The molecule has 2 aromatic rings. The second kappa shape index (κ2) is 6.63. The zero-order valence-corrected chi connectivity index (χ0v) is 15.4. The quantitative estimate of drug-likeness (QED) is 0.628. The Bertz CT molecular complexity index is 688. The highest BCUT2D eigenvalue weighted by Crippen LogP contribution is 2.39. The number of phenols is 1. The van der Waals surface area contributed by atoms with E-state index in [2.05, 4.69) is 57.1 Å². The summed E-state index contributed by atoms with van der Waals surface area (Å²) in [4.78, 5) is 4.17. The molecule has 0 aliphatic heterocycles. The Morgan fingerprint density at radius 3 is 2.04 bits per heavy atom. The largest absolute Gasteiger partial charge is 0.507 e. The van der Waals surface area contributed by atoms with Crippen LogP contribution in [0.15, 0.2) is 41.6 Å². The molecule has 0 saturated carbocycles. The maximum Gasteiger partial charge on any atom is 0.146 e. The molecule has 128 valence electrons. The summed E-state index contributed by atoms with van der Waals surface area (Å²) in [5.74, 6) is 1.07. The molecule has 4 nitrogen and oxygen atoms in total. The number of pyridine rings is 1. The van der Waals surface area contributed by atoms with Gasteiger partial charge < -0.3 is 5.11 Å². The van der Waals surface area contributed by atoms with E-state index in [-0.39, 0.29) is 10.8 Å². The first kappa shape index (κ1) is 18.0. The van der Waals surface area contributed by atoms with Crippen LogP contribution in [0.2, 0.25) is 0 Å². The van der Waals surface area contributed by atoms with Gasteiger partial charge in [-0.3, -0.25) is 5.43 Å². The van der Waals surface area contributed by atoms with Crippen molar-refractivity contribution in [3.05, 3.63) is 53.2 Å². The lowest BCUT2D eigenvalue weighted by Gasteiger charge is -2.27. The first-order valence-corrected chi connectivity index (χ1v) is 8.17. The average Bonchev–Trinajstić information content (AvgIpc) is 2.47. The molecule has 2 rings (SSSR count). The van der Waals surface area contributed by atoms with E-state index in [0.717, 1.165) is 16.7 Å². The number of nitrogens with one attached hydrogen (secondary N) is 1. The molecule has 1 heterocycles. The van der Waals surface area contributed by atoms with Crippen molar-refractivity contribution in [2.24, 2.45) is 5.10 Å². The summed E-state index contributed by atoms with van der Waals surface area (Å²) in [7, 11) is 0. The Morgan fingerprint density at radius 2 is 1.58 bits per heavy atom. The van der Waals surface area contributed by atoms with Crippen LogP contribution in [0, 0.1) is 0 Å². The minimum absolute atomic E-state index is 0.150. The Labute approximate surface area is 144 Å². The molecule has 4 heteroatoms. The van der Waals surface area contributed by atoms with Crippen molar-refractivity contribution < 1.29 is 5.11 Å². The van der Waals surface area contributed by atoms with Crippen molar-refractivity contribution in [2.45, 2.75) is 52.4 Å². The Morgan fingerprint density at radius 1 is 1.00 bits per heavy atom. The van der Waals surface area contributed by atoms with Crippen molar-refractivity contribution in [3.63, 3.8) is 0 Å². The van der Waals surface area contributed by atoms with Gasteiger partial charge >= 0.3 is 0 Å². The zero-order valence-electron chi connectivity index (χ0n) is 15.4. The fourth-order valence-corrected chi connectivity index (χ4v) is 2.48. The lowest BCUT2D eigenvalue weighted by molar-refractivity contribution is 0.423. The minimum atomic E-state index is -0.150. The summed E-state index contributed by atoms with van der Waals surface area (Å²) < 4.78 is 0. The second-order valence-corrected chi connectivity index (χ2v) is 8.05. The van der Waals surface area contributed by atoms with Crippen LogP contribution < -0.4 is 5.43 Å². The molecule has 24 heavy (non-hydrogen) atoms. The van der Waals surface area contributed by atoms with Gasteiger partial charge in [-0.05, 0) is 40.7 Å². The smallest absolute Gasteiger partial charge is 0.146 e. The van der Waals surface area contributed by atoms with Crippen LogP contribution in [0.1, 0.15) is 58.2 Å². The zero-order chi connectivity index (χ0) is 18.0. The van der Waals surface area contributed by atoms with Crippen molar-refractivity contribution in [3.8, 4) is 5.75 Å². The standard InChI is InChI=1S/C20H27N3O/c1-19(2,3)15-11-14(12-16(18(15)24)20(4,5)6)13-22-23-17-9-7-8-10-21-17/h7-13,24H,1-6H3,(H,21,23)/b22-13+. The van der Waals surface area contributed by atoms with Gasteiger partial charge in [-0.2, -0.15) is 5.10 Å². The van der Waals surface area contributed by atoms with Gasteiger partial charge in [0.1, 0.15) is 11.6 Å². The molecule has 0 aliphatic rings. The van der Waals surface area contributed by atoms with E-state index in [4.69, 9.17) is 0 Å². The van der Waals surface area contributed by atoms with E-state index >= 15 is 0 Å². The van der Waals surface area contributed by atoms with Crippen LogP contribution in [-0.4, -0.2) is 16.3 Å². The maximum absolute atomic E-state index is 10.7. The normalized spacial score (nSPS) is 12.6. The highest BCUT2D eigenvalue weighted by molar-refractivity contribution is 5.82. The summed E-state index contributed by atoms with van der Waals surface area (Å²) in [6, 6.07) is 9.61. The summed E-state index contributed by atoms with van der Waals surface area (Å²) in [6.07, 6.45) is 3.48. The summed E-state index contributed by atoms with van der Waals surface area (Å²) in [5, 5.41) is 15.0. The highest BCUT2D eigenvalue weighted by Gasteiger charge is 2.26. The van der Waals surface area contributed by atoms with Crippen LogP contribution in [0.3, 0.4) is 0 Å². The Balaban J connectivity index is 2.39. The fourth-order valence-electron chi connectivity index (χ4n) is 2.48. The molecule has 0 spiro atoms. The van der Waals surface area contributed by atoms with Crippen LogP contribution in [-0.2, 0) is 10.8 Å². The number of nitrogens with zero attached hydrogens (tertiary/aromatic N) is 2. The van der Waals surface area contributed by atoms with Gasteiger partial charge in [-0.15, -0.1) is 0 Å². The minimum Gasteiger partial charge on any atom is -0.507 e. The number of rotatable bonds is 3. The molecule has 1 aromatic heterocycles. The van der Waals surface area contributed by atoms with Gasteiger partial charge in [0.25, 0.3) is 0 Å². The molecular formula is C20H27N3O. The molecule has 0 bridgehead atoms. The molecule has 0 aliphatic carbocycles. The summed E-state index contributed by atoms with van der Waals surface area (Å²) in [6.45, 7) is 12.6. The molecule has 0 saturated heterocycles. The highest BCUT2D eigenvalue weighted by atomic mass is 16.3. The number of hydrogen-bond donors (Lipinski definition) is 2. The van der Waals surface area contributed by atoms with Crippen LogP contribution in [0.4, 0.5) is 5.82 Å². The van der Waals surface area contributed by atoms with Crippen LogP contribution in [0.25, 0.3) is 0 Å². The fraction of sp³-hybridized carbons (Fsp3) is 0.400. The third-order valence-electron chi connectivity index (χ3n) is 3.81. The Kier molecular flexibility index (Phi) is 4.97. The molecule has 0 atom stereocenters. The van der Waals surface area contributed by atoms with E-state index in [1.807, 2.05) is 30.3 Å². The first-order valence-electron chi connectivity index (χ1n) is 8.17. The number of aromatic nitrogens is 1. The van der Waals surface area contributed by atoms with E-state index in [1.54, 1.807) is 12.4 Å². The molecule has 0 amide bonds. The maximum atomic E-state index is 10.7. The number of hydrazone groups is 1. The third kappa shape index (κ3) is 4.34. The van der Waals surface area contributed by atoms with Crippen molar-refractivity contribution in [2.75, 3.05) is 5.43 Å². The molecule has 0 radical (unpaired) electrons. The number of anilines is 1. The predicted molar refractivity (Wildman–Crippen MR) is 101 cm³/mol. The molecule has 2 N–H and O–H groups in total. The van der Waals surface area contributed by atoms with Crippen LogP contribution in [0.5, 0.6) is 5.75 Å². The van der Waals surface area contributed by atoms with Gasteiger partial charge in [0, 0.05) is 17.3 Å². The van der Waals surface area contributed by atoms with Crippen LogP contribution >= 0.6 is 0 Å². The van der Waals surface area contributed by atoms with Gasteiger partial charge in [0.15, 0.2) is 0 Å². The van der Waals surface area contributed by atoms with E-state index in [9.17, 15) is 5.11 Å². The summed E-state index contributed by atoms with van der Waals surface area (Å²) >= 11 is 0. The number of benzene rings is 1. The average molecular weight is 325 g/mol. The van der Waals surface area contributed by atoms with E-state index in [1.165, 1.54) is 0 Å². The van der Waals surface area contributed by atoms with Gasteiger partial charge in [0.2, 0.25) is 0 Å². The lowest BCUT2D eigenvalue weighted by Crippen LogP contribution is -2.18. The lowest BCUT2D eigenvalue weighted by atomic mass is 9.78. The van der Waals surface area contributed by atoms with Gasteiger partial charge in [-0.1, -0.05) is 47.6 Å². The molecule has 0 unspecified atom stereocenters. The number of hydrogen-bond acceptors (Lipinski definition) is 4. The number of phenolic OH excluding ortho intramolecular Hbond substituents is 1. The molecule has 1 aromatic carbocycles. The molecular weight excluding hydrogens is 298 g/mol. The van der Waals surface area contributed by atoms with Gasteiger partial charge in [0.05, 0.1) is 6.21 Å². The van der Waals surface area contributed by atoms with Crippen molar-refractivity contribution in [1.29, 1.82) is 0 Å². The molecule has 0 fully saturated rings. The topological polar surface area (TPSA) is 57.5 Å². The second-order valence-electron chi connectivity index (χ2n) is 8.05. The summed E-state index contributed by atoms with van der Waals surface area (Å²) in [5.41, 5.74) is 5.42. The predicted octanol–water partition coefficient (Wildman–Crippen LogP) is 4.83. The monoisotopic (exact) mass is 325 g/mol.